The number of rotatable bonds is 4. The molecule has 1 aromatic carbocycles. The van der Waals surface area contributed by atoms with E-state index in [0.29, 0.717) is 30.8 Å². The normalized spacial score (nSPS) is 18.0. The first kappa shape index (κ1) is 16.1. The van der Waals surface area contributed by atoms with Crippen molar-refractivity contribution >= 4 is 25.6 Å². The molecule has 1 atom stereocenters. The van der Waals surface area contributed by atoms with E-state index in [2.05, 4.69) is 5.32 Å². The van der Waals surface area contributed by atoms with Crippen LogP contribution in [0.4, 0.5) is 0 Å². The van der Waals surface area contributed by atoms with Crippen LogP contribution in [0, 0.1) is 5.92 Å². The third kappa shape index (κ3) is 4.11. The number of fused-ring (bicyclic) bond motifs is 1. The smallest absolute Gasteiger partial charge is 0.261 e. The van der Waals surface area contributed by atoms with Gasteiger partial charge in [0.15, 0.2) is 0 Å². The molecule has 0 saturated carbocycles. The Balaban J connectivity index is 2.27. The highest BCUT2D eigenvalue weighted by Gasteiger charge is 2.25. The summed E-state index contributed by atoms with van der Waals surface area (Å²) >= 11 is 0. The Bertz CT molecular complexity index is 642. The number of carbonyl (C=O) groups excluding carboxylic acids is 1. The van der Waals surface area contributed by atoms with Crippen molar-refractivity contribution in [2.75, 3.05) is 6.61 Å². The molecule has 5 nitrogen and oxygen atoms in total. The minimum Gasteiger partial charge on any atom is -0.493 e. The largest absolute Gasteiger partial charge is 0.493 e. The summed E-state index contributed by atoms with van der Waals surface area (Å²) in [7, 11) is 1.56. The van der Waals surface area contributed by atoms with E-state index in [-0.39, 0.29) is 22.8 Å². The lowest BCUT2D eigenvalue weighted by Crippen LogP contribution is -2.32. The molecule has 0 saturated heterocycles. The zero-order valence-corrected chi connectivity index (χ0v) is 13.5. The number of benzene rings is 1. The van der Waals surface area contributed by atoms with Crippen LogP contribution >= 0.6 is 10.7 Å². The lowest BCUT2D eigenvalue weighted by atomic mass is 10.00. The summed E-state index contributed by atoms with van der Waals surface area (Å²) in [6.45, 7) is 4.41. The van der Waals surface area contributed by atoms with Crippen LogP contribution in [0.25, 0.3) is 0 Å². The molecule has 1 N–H and O–H groups in total. The van der Waals surface area contributed by atoms with Crippen LogP contribution in [0.5, 0.6) is 5.75 Å². The van der Waals surface area contributed by atoms with E-state index in [0.717, 1.165) is 0 Å². The van der Waals surface area contributed by atoms with Gasteiger partial charge in [0.05, 0.1) is 17.5 Å². The van der Waals surface area contributed by atoms with E-state index >= 15 is 0 Å². The molecule has 116 valence electrons. The quantitative estimate of drug-likeness (QED) is 0.861. The molecule has 1 aliphatic rings. The molecule has 0 spiro atoms. The molecule has 2 rings (SSSR count). The summed E-state index contributed by atoms with van der Waals surface area (Å²) in [5, 5.41) is 2.93. The highest BCUT2D eigenvalue weighted by Crippen LogP contribution is 2.34. The minimum absolute atomic E-state index is 0.0107. The number of nitrogens with one attached hydrogen (secondary N) is 1. The molecule has 0 aliphatic carbocycles. The molecule has 1 unspecified atom stereocenters. The Kier molecular flexibility index (Phi) is 4.78. The van der Waals surface area contributed by atoms with E-state index in [1.165, 1.54) is 12.1 Å². The maximum atomic E-state index is 11.9. The monoisotopic (exact) mass is 331 g/mol. The lowest BCUT2D eigenvalue weighted by Gasteiger charge is -2.27. The molecule has 7 heteroatoms. The van der Waals surface area contributed by atoms with Crippen LogP contribution in [-0.2, 0) is 13.8 Å². The molecule has 1 amide bonds. The third-order valence-electron chi connectivity index (χ3n) is 3.23. The van der Waals surface area contributed by atoms with Crippen LogP contribution < -0.4 is 10.1 Å². The maximum absolute atomic E-state index is 11.9. The summed E-state index contributed by atoms with van der Waals surface area (Å²) in [6.07, 6.45) is 1.03. The molecule has 0 fully saturated rings. The van der Waals surface area contributed by atoms with Gasteiger partial charge in [-0.05, 0) is 24.1 Å². The van der Waals surface area contributed by atoms with Crippen LogP contribution in [-0.4, -0.2) is 20.9 Å². The van der Waals surface area contributed by atoms with Crippen molar-refractivity contribution in [3.8, 4) is 5.75 Å². The van der Waals surface area contributed by atoms with Gasteiger partial charge in [0, 0.05) is 29.1 Å². The second kappa shape index (κ2) is 6.23. The molecule has 0 bridgehead atoms. The predicted octanol–water partition coefficient (Wildman–Crippen LogP) is 2.60. The average molecular weight is 332 g/mol. The first-order valence-corrected chi connectivity index (χ1v) is 9.09. The zero-order chi connectivity index (χ0) is 15.6. The van der Waals surface area contributed by atoms with Gasteiger partial charge in [0.25, 0.3) is 9.05 Å². The van der Waals surface area contributed by atoms with E-state index < -0.39 is 9.05 Å². The minimum atomic E-state index is -3.80. The van der Waals surface area contributed by atoms with Gasteiger partial charge in [0.1, 0.15) is 5.75 Å². The second-order valence-electron chi connectivity index (χ2n) is 5.49. The molecular weight excluding hydrogens is 314 g/mol. The van der Waals surface area contributed by atoms with Crippen LogP contribution in [0.1, 0.15) is 38.3 Å². The van der Waals surface area contributed by atoms with E-state index in [4.69, 9.17) is 15.4 Å². The van der Waals surface area contributed by atoms with E-state index in [1.807, 2.05) is 13.8 Å². The van der Waals surface area contributed by atoms with Crippen LogP contribution in [0.15, 0.2) is 23.1 Å². The van der Waals surface area contributed by atoms with Gasteiger partial charge in [0.2, 0.25) is 5.91 Å². The Morgan fingerprint density at radius 1 is 1.48 bits per heavy atom. The average Bonchev–Trinajstić information content (AvgIpc) is 2.36. The molecule has 0 radical (unpaired) electrons. The van der Waals surface area contributed by atoms with E-state index in [1.54, 1.807) is 6.07 Å². The summed E-state index contributed by atoms with van der Waals surface area (Å²) in [5.41, 5.74) is 0.653. The topological polar surface area (TPSA) is 72.5 Å². The number of halogens is 1. The molecule has 1 aliphatic heterocycles. The van der Waals surface area contributed by atoms with Crippen LogP contribution in [0.2, 0.25) is 0 Å². The summed E-state index contributed by atoms with van der Waals surface area (Å²) in [5.74, 6) is 0.793. The van der Waals surface area contributed by atoms with Gasteiger partial charge < -0.3 is 10.1 Å². The van der Waals surface area contributed by atoms with Crippen molar-refractivity contribution in [1.29, 1.82) is 0 Å². The fraction of sp³-hybridized carbons (Fsp3) is 0.500. The van der Waals surface area contributed by atoms with Crippen molar-refractivity contribution < 1.29 is 17.9 Å². The molecule has 0 aromatic heterocycles. The fourth-order valence-electron chi connectivity index (χ4n) is 2.30. The van der Waals surface area contributed by atoms with Gasteiger partial charge in [-0.3, -0.25) is 4.79 Å². The zero-order valence-electron chi connectivity index (χ0n) is 11.9. The number of hydrogen-bond acceptors (Lipinski definition) is 4. The molecule has 1 heterocycles. The fourth-order valence-corrected chi connectivity index (χ4v) is 3.08. The van der Waals surface area contributed by atoms with Gasteiger partial charge in [-0.25, -0.2) is 8.42 Å². The van der Waals surface area contributed by atoms with Crippen molar-refractivity contribution in [2.45, 2.75) is 37.6 Å². The van der Waals surface area contributed by atoms with Crippen molar-refractivity contribution in [1.82, 2.24) is 5.32 Å². The van der Waals surface area contributed by atoms with Crippen LogP contribution in [0.3, 0.4) is 0 Å². The van der Waals surface area contributed by atoms with Crippen molar-refractivity contribution in [3.63, 3.8) is 0 Å². The summed E-state index contributed by atoms with van der Waals surface area (Å²) < 4.78 is 28.4. The standard InChI is InChI=1S/C14H18ClNO4S/c1-9(2)7-14(17)16-12-5-6-20-13-4-3-10(8-11(12)13)21(15,18)19/h3-4,8-9,12H,5-7H2,1-2H3,(H,16,17). The van der Waals surface area contributed by atoms with Crippen molar-refractivity contribution in [2.24, 2.45) is 5.92 Å². The first-order valence-electron chi connectivity index (χ1n) is 6.78. The predicted molar refractivity (Wildman–Crippen MR) is 79.9 cm³/mol. The maximum Gasteiger partial charge on any atom is 0.261 e. The molecule has 1 aromatic rings. The van der Waals surface area contributed by atoms with Gasteiger partial charge >= 0.3 is 0 Å². The Labute approximate surface area is 129 Å². The highest BCUT2D eigenvalue weighted by atomic mass is 35.7. The number of carbonyl (C=O) groups is 1. The Morgan fingerprint density at radius 2 is 2.19 bits per heavy atom. The Morgan fingerprint density at radius 3 is 2.81 bits per heavy atom. The Hall–Kier alpha value is -1.27. The van der Waals surface area contributed by atoms with E-state index in [9.17, 15) is 13.2 Å². The van der Waals surface area contributed by atoms with Gasteiger partial charge in [-0.2, -0.15) is 0 Å². The van der Waals surface area contributed by atoms with Gasteiger partial charge in [-0.1, -0.05) is 13.8 Å². The molecular formula is C14H18ClNO4S. The summed E-state index contributed by atoms with van der Waals surface area (Å²) in [4.78, 5) is 11.9. The highest BCUT2D eigenvalue weighted by molar-refractivity contribution is 8.13. The number of ether oxygens (including phenoxy) is 1. The second-order valence-corrected chi connectivity index (χ2v) is 8.06. The summed E-state index contributed by atoms with van der Waals surface area (Å²) in [6, 6.07) is 4.19. The van der Waals surface area contributed by atoms with Gasteiger partial charge in [-0.15, -0.1) is 0 Å². The molecule has 21 heavy (non-hydrogen) atoms. The van der Waals surface area contributed by atoms with Crippen molar-refractivity contribution in [3.05, 3.63) is 23.8 Å². The number of amides is 1. The first-order chi connectivity index (χ1) is 9.77. The third-order valence-corrected chi connectivity index (χ3v) is 4.58. The SMILES string of the molecule is CC(C)CC(=O)NC1CCOc2ccc(S(=O)(=O)Cl)cc21. The lowest BCUT2D eigenvalue weighted by molar-refractivity contribution is -0.122. The number of hydrogen-bond donors (Lipinski definition) is 1.